The summed E-state index contributed by atoms with van der Waals surface area (Å²) in [5.41, 5.74) is 1.92. The molecule has 0 aliphatic rings. The van der Waals surface area contributed by atoms with Gasteiger partial charge < -0.3 is 15.7 Å². The van der Waals surface area contributed by atoms with Gasteiger partial charge in [0.05, 0.1) is 17.2 Å². The molecule has 0 heterocycles. The van der Waals surface area contributed by atoms with Crippen molar-refractivity contribution >= 4 is 5.91 Å². The first-order valence-electron chi connectivity index (χ1n) is 7.41. The van der Waals surface area contributed by atoms with E-state index in [0.29, 0.717) is 18.7 Å². The molecule has 1 atom stereocenters. The molecular weight excluding hydrogens is 290 g/mol. The lowest BCUT2D eigenvalue weighted by Gasteiger charge is -2.15. The Morgan fingerprint density at radius 1 is 1.22 bits per heavy atom. The van der Waals surface area contributed by atoms with Gasteiger partial charge in [0.2, 0.25) is 0 Å². The van der Waals surface area contributed by atoms with Crippen LogP contribution in [0.5, 0.6) is 5.75 Å². The zero-order valence-corrected chi connectivity index (χ0v) is 12.9. The van der Waals surface area contributed by atoms with E-state index in [4.69, 9.17) is 5.26 Å². The van der Waals surface area contributed by atoms with E-state index in [0.717, 1.165) is 5.56 Å². The first-order chi connectivity index (χ1) is 11.1. The number of nitriles is 1. The van der Waals surface area contributed by atoms with Crippen LogP contribution in [0.2, 0.25) is 0 Å². The average molecular weight is 309 g/mol. The number of hydrogen-bond donors (Lipinski definition) is 3. The maximum Gasteiger partial charge on any atom is 0.255 e. The van der Waals surface area contributed by atoms with Crippen molar-refractivity contribution in [3.63, 3.8) is 0 Å². The number of aromatic hydroxyl groups is 1. The van der Waals surface area contributed by atoms with Crippen LogP contribution in [0.1, 0.15) is 34.5 Å². The third-order valence-electron chi connectivity index (χ3n) is 3.53. The van der Waals surface area contributed by atoms with Crippen molar-refractivity contribution in [1.82, 2.24) is 10.6 Å². The summed E-state index contributed by atoms with van der Waals surface area (Å²) < 4.78 is 0. The van der Waals surface area contributed by atoms with E-state index in [2.05, 4.69) is 16.7 Å². The number of nitrogens with zero attached hydrogens (tertiary/aromatic N) is 1. The zero-order valence-electron chi connectivity index (χ0n) is 12.9. The van der Waals surface area contributed by atoms with Crippen LogP contribution in [0, 0.1) is 11.3 Å². The van der Waals surface area contributed by atoms with Crippen LogP contribution in [0.4, 0.5) is 0 Å². The molecule has 0 aromatic heterocycles. The van der Waals surface area contributed by atoms with E-state index in [1.54, 1.807) is 24.3 Å². The van der Waals surface area contributed by atoms with Crippen LogP contribution in [0.25, 0.3) is 0 Å². The fourth-order valence-electron chi connectivity index (χ4n) is 2.22. The summed E-state index contributed by atoms with van der Waals surface area (Å²) in [5.74, 6) is -0.330. The molecule has 0 bridgehead atoms. The number of phenolic OH excluding ortho intramolecular Hbond substituents is 1. The van der Waals surface area contributed by atoms with Gasteiger partial charge >= 0.3 is 0 Å². The van der Waals surface area contributed by atoms with Gasteiger partial charge in [0, 0.05) is 19.1 Å². The van der Waals surface area contributed by atoms with Crippen molar-refractivity contribution < 1.29 is 9.90 Å². The Bertz CT molecular complexity index is 722. The number of para-hydroxylation sites is 1. The zero-order chi connectivity index (χ0) is 16.7. The molecule has 118 valence electrons. The molecule has 1 amide bonds. The molecule has 5 heteroatoms. The second-order valence-corrected chi connectivity index (χ2v) is 5.19. The molecule has 0 saturated carbocycles. The number of rotatable bonds is 6. The number of phenols is 1. The highest BCUT2D eigenvalue weighted by atomic mass is 16.3. The number of benzene rings is 2. The minimum atomic E-state index is -0.302. The predicted octanol–water partition coefficient (Wildman–Crippen LogP) is 2.34. The van der Waals surface area contributed by atoms with Crippen molar-refractivity contribution in [2.24, 2.45) is 0 Å². The molecule has 0 saturated heterocycles. The second-order valence-electron chi connectivity index (χ2n) is 5.19. The predicted molar refractivity (Wildman–Crippen MR) is 88.0 cm³/mol. The Kier molecular flexibility index (Phi) is 5.73. The topological polar surface area (TPSA) is 85.2 Å². The summed E-state index contributed by atoms with van der Waals surface area (Å²) in [6, 6.07) is 16.1. The van der Waals surface area contributed by atoms with Gasteiger partial charge in [0.15, 0.2) is 0 Å². The number of carbonyl (C=O) groups is 1. The highest BCUT2D eigenvalue weighted by Gasteiger charge is 2.10. The van der Waals surface area contributed by atoms with Crippen molar-refractivity contribution in [2.75, 3.05) is 13.1 Å². The SMILES string of the molecule is C[C@@H](NCCNC(=O)c1ccccc1O)c1cccc(C#N)c1. The summed E-state index contributed by atoms with van der Waals surface area (Å²) in [6.45, 7) is 3.02. The Hall–Kier alpha value is -2.84. The molecule has 0 unspecified atom stereocenters. The Balaban J connectivity index is 1.80. The molecule has 0 fully saturated rings. The van der Waals surface area contributed by atoms with Crippen LogP contribution in [-0.4, -0.2) is 24.1 Å². The summed E-state index contributed by atoms with van der Waals surface area (Å²) in [4.78, 5) is 11.9. The molecule has 5 nitrogen and oxygen atoms in total. The van der Waals surface area contributed by atoms with Crippen molar-refractivity contribution in [1.29, 1.82) is 5.26 Å². The lowest BCUT2D eigenvalue weighted by molar-refractivity contribution is 0.0951. The molecular formula is C18H19N3O2. The van der Waals surface area contributed by atoms with Crippen molar-refractivity contribution in [3.8, 4) is 11.8 Å². The fraction of sp³-hybridized carbons (Fsp3) is 0.222. The minimum Gasteiger partial charge on any atom is -0.507 e. The fourth-order valence-corrected chi connectivity index (χ4v) is 2.22. The van der Waals surface area contributed by atoms with Crippen molar-refractivity contribution in [2.45, 2.75) is 13.0 Å². The van der Waals surface area contributed by atoms with E-state index in [1.807, 2.05) is 25.1 Å². The van der Waals surface area contributed by atoms with Crippen LogP contribution in [0.3, 0.4) is 0 Å². The Morgan fingerprint density at radius 3 is 2.74 bits per heavy atom. The highest BCUT2D eigenvalue weighted by Crippen LogP contribution is 2.15. The molecule has 2 aromatic carbocycles. The van der Waals surface area contributed by atoms with Crippen LogP contribution in [0.15, 0.2) is 48.5 Å². The Labute approximate surface area is 135 Å². The van der Waals surface area contributed by atoms with E-state index >= 15 is 0 Å². The van der Waals surface area contributed by atoms with Crippen LogP contribution in [-0.2, 0) is 0 Å². The average Bonchev–Trinajstić information content (AvgIpc) is 2.58. The van der Waals surface area contributed by atoms with Crippen molar-refractivity contribution in [3.05, 3.63) is 65.2 Å². The molecule has 0 spiro atoms. The maximum absolute atomic E-state index is 11.9. The van der Waals surface area contributed by atoms with E-state index in [-0.39, 0.29) is 23.3 Å². The van der Waals surface area contributed by atoms with Gasteiger partial charge in [0.1, 0.15) is 5.75 Å². The first kappa shape index (κ1) is 16.5. The number of nitrogens with one attached hydrogen (secondary N) is 2. The van der Waals surface area contributed by atoms with E-state index in [1.165, 1.54) is 6.07 Å². The van der Waals surface area contributed by atoms with Gasteiger partial charge in [-0.05, 0) is 36.8 Å². The molecule has 23 heavy (non-hydrogen) atoms. The molecule has 0 aliphatic carbocycles. The van der Waals surface area contributed by atoms with Gasteiger partial charge in [0.25, 0.3) is 5.91 Å². The molecule has 2 rings (SSSR count). The molecule has 0 radical (unpaired) electrons. The third kappa shape index (κ3) is 4.56. The number of carbonyl (C=O) groups excluding carboxylic acids is 1. The Morgan fingerprint density at radius 2 is 2.00 bits per heavy atom. The van der Waals surface area contributed by atoms with E-state index in [9.17, 15) is 9.90 Å². The van der Waals surface area contributed by atoms with Gasteiger partial charge in [-0.25, -0.2) is 0 Å². The summed E-state index contributed by atoms with van der Waals surface area (Å²) in [7, 11) is 0. The van der Waals surface area contributed by atoms with Crippen LogP contribution >= 0.6 is 0 Å². The normalized spacial score (nSPS) is 11.5. The first-order valence-corrected chi connectivity index (χ1v) is 7.41. The number of hydrogen-bond acceptors (Lipinski definition) is 4. The molecule has 2 aromatic rings. The van der Waals surface area contributed by atoms with Gasteiger partial charge in [-0.1, -0.05) is 24.3 Å². The lowest BCUT2D eigenvalue weighted by atomic mass is 10.1. The third-order valence-corrected chi connectivity index (χ3v) is 3.53. The quantitative estimate of drug-likeness (QED) is 0.715. The number of amides is 1. The van der Waals surface area contributed by atoms with Gasteiger partial charge in [-0.15, -0.1) is 0 Å². The standard InChI is InChI=1S/C18H19N3O2/c1-13(15-6-4-5-14(11-15)12-19)20-9-10-21-18(23)16-7-2-3-8-17(16)22/h2-8,11,13,20,22H,9-10H2,1H3,(H,21,23)/t13-/m1/s1. The lowest BCUT2D eigenvalue weighted by Crippen LogP contribution is -2.33. The second kappa shape index (κ2) is 7.97. The maximum atomic E-state index is 11.9. The smallest absolute Gasteiger partial charge is 0.255 e. The largest absolute Gasteiger partial charge is 0.507 e. The molecule has 0 aliphatic heterocycles. The summed E-state index contributed by atoms with van der Waals surface area (Å²) in [5, 5.41) is 24.6. The van der Waals surface area contributed by atoms with Gasteiger partial charge in [-0.2, -0.15) is 5.26 Å². The van der Waals surface area contributed by atoms with Crippen LogP contribution < -0.4 is 10.6 Å². The monoisotopic (exact) mass is 309 g/mol. The summed E-state index contributed by atoms with van der Waals surface area (Å²) in [6.07, 6.45) is 0. The summed E-state index contributed by atoms with van der Waals surface area (Å²) >= 11 is 0. The molecule has 3 N–H and O–H groups in total. The van der Waals surface area contributed by atoms with Gasteiger partial charge in [-0.3, -0.25) is 4.79 Å². The highest BCUT2D eigenvalue weighted by molar-refractivity contribution is 5.96. The van der Waals surface area contributed by atoms with E-state index < -0.39 is 0 Å². The minimum absolute atomic E-state index is 0.0281.